The van der Waals surface area contributed by atoms with E-state index < -0.39 is 6.04 Å². The lowest BCUT2D eigenvalue weighted by atomic mass is 10.0. The van der Waals surface area contributed by atoms with E-state index in [4.69, 9.17) is 10.5 Å². The third-order valence-electron chi connectivity index (χ3n) is 2.73. The van der Waals surface area contributed by atoms with E-state index in [-0.39, 0.29) is 18.3 Å². The average Bonchev–Trinajstić information content (AvgIpc) is 2.36. The number of nitrogens with two attached hydrogens (primary N) is 1. The maximum absolute atomic E-state index is 11.9. The molecule has 0 saturated heterocycles. The fraction of sp³-hybridized carbons (Fsp3) is 0.533. The van der Waals surface area contributed by atoms with E-state index in [0.717, 1.165) is 11.3 Å². The van der Waals surface area contributed by atoms with Crippen LogP contribution in [0.1, 0.15) is 32.8 Å². The number of anilines is 1. The molecule has 0 aromatic heterocycles. The minimum atomic E-state index is -0.462. The van der Waals surface area contributed by atoms with Crippen molar-refractivity contribution < 1.29 is 9.53 Å². The Hall–Kier alpha value is -1.10. The van der Waals surface area contributed by atoms with Gasteiger partial charge in [-0.1, -0.05) is 26.0 Å². The summed E-state index contributed by atoms with van der Waals surface area (Å²) in [5.74, 6) is 0.271. The van der Waals surface area contributed by atoms with Gasteiger partial charge in [0.25, 0.3) is 0 Å². The average molecular weight is 301 g/mol. The summed E-state index contributed by atoms with van der Waals surface area (Å²) in [5, 5.41) is 2.84. The number of nitrogens with one attached hydrogen (secondary N) is 1. The molecule has 20 heavy (non-hydrogen) atoms. The first-order chi connectivity index (χ1) is 9.02. The third-order valence-corrected chi connectivity index (χ3v) is 2.73. The fourth-order valence-electron chi connectivity index (χ4n) is 1.81. The third kappa shape index (κ3) is 6.89. The molecular weight excluding hydrogens is 276 g/mol. The monoisotopic (exact) mass is 300 g/mol. The smallest absolute Gasteiger partial charge is 0.241 e. The van der Waals surface area contributed by atoms with Crippen LogP contribution in [-0.2, 0) is 16.1 Å². The number of halogens is 1. The van der Waals surface area contributed by atoms with Crippen molar-refractivity contribution in [3.05, 3.63) is 29.8 Å². The van der Waals surface area contributed by atoms with E-state index >= 15 is 0 Å². The molecular formula is C15H25ClN2O2. The molecule has 0 bridgehead atoms. The molecule has 1 aromatic rings. The predicted molar refractivity (Wildman–Crippen MR) is 85.1 cm³/mol. The zero-order chi connectivity index (χ0) is 14.3. The van der Waals surface area contributed by atoms with E-state index in [1.54, 1.807) is 0 Å². The molecule has 1 aromatic carbocycles. The van der Waals surface area contributed by atoms with E-state index in [9.17, 15) is 4.79 Å². The Morgan fingerprint density at radius 2 is 2.10 bits per heavy atom. The maximum atomic E-state index is 11.9. The quantitative estimate of drug-likeness (QED) is 0.813. The lowest BCUT2D eigenvalue weighted by molar-refractivity contribution is -0.117. The van der Waals surface area contributed by atoms with Crippen LogP contribution in [-0.4, -0.2) is 18.6 Å². The summed E-state index contributed by atoms with van der Waals surface area (Å²) < 4.78 is 5.34. The highest BCUT2D eigenvalue weighted by Crippen LogP contribution is 2.13. The first-order valence-corrected chi connectivity index (χ1v) is 6.76. The summed E-state index contributed by atoms with van der Waals surface area (Å²) in [6.07, 6.45) is 0.685. The van der Waals surface area contributed by atoms with Crippen LogP contribution in [0.4, 0.5) is 5.69 Å². The summed E-state index contributed by atoms with van der Waals surface area (Å²) in [7, 11) is 0. The summed E-state index contributed by atoms with van der Waals surface area (Å²) in [4.78, 5) is 11.9. The van der Waals surface area contributed by atoms with Gasteiger partial charge in [0.1, 0.15) is 0 Å². The van der Waals surface area contributed by atoms with E-state index in [0.29, 0.717) is 25.6 Å². The molecule has 1 rings (SSSR count). The van der Waals surface area contributed by atoms with Crippen molar-refractivity contribution >= 4 is 24.0 Å². The second kappa shape index (κ2) is 9.75. The number of hydrogen-bond donors (Lipinski definition) is 2. The molecule has 0 aliphatic carbocycles. The van der Waals surface area contributed by atoms with Gasteiger partial charge in [0.2, 0.25) is 5.91 Å². The summed E-state index contributed by atoms with van der Waals surface area (Å²) in [5.41, 5.74) is 7.65. The number of benzene rings is 1. The number of rotatable bonds is 7. The summed E-state index contributed by atoms with van der Waals surface area (Å²) in [6.45, 7) is 7.29. The highest BCUT2D eigenvalue weighted by molar-refractivity contribution is 5.94. The largest absolute Gasteiger partial charge is 0.377 e. The normalized spacial score (nSPS) is 11.8. The van der Waals surface area contributed by atoms with Crippen LogP contribution in [0.3, 0.4) is 0 Å². The van der Waals surface area contributed by atoms with Gasteiger partial charge in [0.15, 0.2) is 0 Å². The lowest BCUT2D eigenvalue weighted by Crippen LogP contribution is -2.36. The first-order valence-electron chi connectivity index (χ1n) is 6.76. The predicted octanol–water partition coefficient (Wildman–Crippen LogP) is 2.96. The Kier molecular flexibility index (Phi) is 9.21. The van der Waals surface area contributed by atoms with Gasteiger partial charge in [-0.05, 0) is 37.0 Å². The Morgan fingerprint density at radius 1 is 1.40 bits per heavy atom. The molecule has 114 valence electrons. The van der Waals surface area contributed by atoms with Crippen LogP contribution in [0.25, 0.3) is 0 Å². The molecule has 0 aliphatic rings. The molecule has 4 nitrogen and oxygen atoms in total. The Labute approximate surface area is 127 Å². The van der Waals surface area contributed by atoms with Crippen molar-refractivity contribution in [2.75, 3.05) is 11.9 Å². The zero-order valence-electron chi connectivity index (χ0n) is 12.4. The van der Waals surface area contributed by atoms with Crippen molar-refractivity contribution in [3.63, 3.8) is 0 Å². The van der Waals surface area contributed by atoms with Gasteiger partial charge in [-0.15, -0.1) is 12.4 Å². The van der Waals surface area contributed by atoms with E-state index in [1.807, 2.05) is 31.2 Å². The fourth-order valence-corrected chi connectivity index (χ4v) is 1.81. The van der Waals surface area contributed by atoms with Gasteiger partial charge in [-0.25, -0.2) is 0 Å². The van der Waals surface area contributed by atoms with Gasteiger partial charge in [0, 0.05) is 12.3 Å². The first kappa shape index (κ1) is 18.9. The van der Waals surface area contributed by atoms with Gasteiger partial charge >= 0.3 is 0 Å². The van der Waals surface area contributed by atoms with Crippen LogP contribution in [0.5, 0.6) is 0 Å². The van der Waals surface area contributed by atoms with Gasteiger partial charge in [-0.2, -0.15) is 0 Å². The number of ether oxygens (including phenoxy) is 1. The second-order valence-corrected chi connectivity index (χ2v) is 5.06. The number of carbonyl (C=O) groups excluding carboxylic acids is 1. The summed E-state index contributed by atoms with van der Waals surface area (Å²) >= 11 is 0. The highest BCUT2D eigenvalue weighted by atomic mass is 35.5. The molecule has 0 aliphatic heterocycles. The molecule has 0 heterocycles. The van der Waals surface area contributed by atoms with Gasteiger partial charge < -0.3 is 15.8 Å². The second-order valence-electron chi connectivity index (χ2n) is 5.06. The van der Waals surface area contributed by atoms with Crippen molar-refractivity contribution in [2.24, 2.45) is 11.7 Å². The van der Waals surface area contributed by atoms with Crippen molar-refractivity contribution in [2.45, 2.75) is 39.8 Å². The van der Waals surface area contributed by atoms with Gasteiger partial charge in [-0.3, -0.25) is 4.79 Å². The topological polar surface area (TPSA) is 64.3 Å². The molecule has 1 atom stereocenters. The molecule has 0 fully saturated rings. The molecule has 0 saturated carbocycles. The van der Waals surface area contributed by atoms with Crippen LogP contribution in [0.2, 0.25) is 0 Å². The Morgan fingerprint density at radius 3 is 2.70 bits per heavy atom. The zero-order valence-corrected chi connectivity index (χ0v) is 13.2. The Bertz CT molecular complexity index is 411. The Balaban J connectivity index is 0.00000361. The van der Waals surface area contributed by atoms with E-state index in [1.165, 1.54) is 0 Å². The van der Waals surface area contributed by atoms with Crippen molar-refractivity contribution in [1.82, 2.24) is 0 Å². The summed E-state index contributed by atoms with van der Waals surface area (Å²) in [6, 6.07) is 7.18. The molecule has 0 radical (unpaired) electrons. The molecule has 0 spiro atoms. The SMILES string of the molecule is CCOCc1cccc(NC(=O)[C@@H](N)CC(C)C)c1.Cl. The number of hydrogen-bond acceptors (Lipinski definition) is 3. The minimum Gasteiger partial charge on any atom is -0.377 e. The van der Waals surface area contributed by atoms with Gasteiger partial charge in [0.05, 0.1) is 12.6 Å². The van der Waals surface area contributed by atoms with Crippen LogP contribution >= 0.6 is 12.4 Å². The molecule has 1 amide bonds. The van der Waals surface area contributed by atoms with Crippen LogP contribution < -0.4 is 11.1 Å². The van der Waals surface area contributed by atoms with Crippen LogP contribution in [0, 0.1) is 5.92 Å². The van der Waals surface area contributed by atoms with Crippen molar-refractivity contribution in [3.8, 4) is 0 Å². The number of amides is 1. The minimum absolute atomic E-state index is 0. The molecule has 0 unspecified atom stereocenters. The standard InChI is InChI=1S/C15H24N2O2.ClH/c1-4-19-10-12-6-5-7-13(9-12)17-15(18)14(16)8-11(2)3;/h5-7,9,11,14H,4,8,10,16H2,1-3H3,(H,17,18);1H/t14-;/m0./s1. The molecule has 3 N–H and O–H groups in total. The molecule has 5 heteroatoms. The van der Waals surface area contributed by atoms with Crippen molar-refractivity contribution in [1.29, 1.82) is 0 Å². The van der Waals surface area contributed by atoms with E-state index in [2.05, 4.69) is 19.2 Å². The van der Waals surface area contributed by atoms with Crippen LogP contribution in [0.15, 0.2) is 24.3 Å². The maximum Gasteiger partial charge on any atom is 0.241 e. The number of carbonyl (C=O) groups is 1. The highest BCUT2D eigenvalue weighted by Gasteiger charge is 2.14. The lowest BCUT2D eigenvalue weighted by Gasteiger charge is -2.14.